The Labute approximate surface area is 154 Å². The van der Waals surface area contributed by atoms with Crippen molar-refractivity contribution in [1.82, 2.24) is 15.0 Å². The van der Waals surface area contributed by atoms with Gasteiger partial charge in [0.05, 0.1) is 12.3 Å². The number of benzene rings is 1. The van der Waals surface area contributed by atoms with Crippen LogP contribution in [-0.4, -0.2) is 33.2 Å². The fourth-order valence-corrected chi connectivity index (χ4v) is 2.72. The summed E-state index contributed by atoms with van der Waals surface area (Å²) in [4.78, 5) is 13.0. The van der Waals surface area contributed by atoms with E-state index in [1.165, 1.54) is 0 Å². The minimum atomic E-state index is -0.0207. The zero-order valence-corrected chi connectivity index (χ0v) is 14.6. The largest absolute Gasteiger partial charge is 0.395 e. The fourth-order valence-electron chi connectivity index (χ4n) is 2.19. The van der Waals surface area contributed by atoms with E-state index in [2.05, 4.69) is 25.6 Å². The summed E-state index contributed by atoms with van der Waals surface area (Å²) in [7, 11) is 0. The lowest BCUT2D eigenvalue weighted by Gasteiger charge is -2.11. The number of pyridine rings is 1. The highest BCUT2D eigenvalue weighted by atomic mass is 35.5. The van der Waals surface area contributed by atoms with Crippen LogP contribution in [0.2, 0.25) is 10.0 Å². The number of aliphatic hydroxyl groups excluding tert-OH is 1. The molecular weight excluding hydrogens is 361 g/mol. The molecule has 3 aromatic rings. The summed E-state index contributed by atoms with van der Waals surface area (Å²) in [5.74, 6) is 0.957. The number of hydrogen-bond acceptors (Lipinski definition) is 6. The topological polar surface area (TPSA) is 83.0 Å². The molecule has 25 heavy (non-hydrogen) atoms. The third-order valence-electron chi connectivity index (χ3n) is 3.21. The zero-order chi connectivity index (χ0) is 17.6. The number of rotatable bonds is 6. The normalized spacial score (nSPS) is 10.5. The van der Waals surface area contributed by atoms with E-state index in [1.807, 2.05) is 12.1 Å². The van der Waals surface area contributed by atoms with Gasteiger partial charge in [-0.05, 0) is 30.3 Å². The van der Waals surface area contributed by atoms with Crippen LogP contribution >= 0.6 is 23.2 Å². The molecule has 0 atom stereocenters. The Balaban J connectivity index is 1.96. The lowest BCUT2D eigenvalue weighted by atomic mass is 10.2. The summed E-state index contributed by atoms with van der Waals surface area (Å²) in [6, 6.07) is 10.7. The van der Waals surface area contributed by atoms with Gasteiger partial charge in [0.2, 0.25) is 5.95 Å². The van der Waals surface area contributed by atoms with Gasteiger partial charge < -0.3 is 15.7 Å². The summed E-state index contributed by atoms with van der Waals surface area (Å²) in [6.45, 7) is 0.325. The van der Waals surface area contributed by atoms with E-state index in [-0.39, 0.29) is 6.61 Å². The van der Waals surface area contributed by atoms with Gasteiger partial charge in [-0.25, -0.2) is 4.98 Å². The quantitative estimate of drug-likeness (QED) is 0.603. The maximum Gasteiger partial charge on any atom is 0.225 e. The van der Waals surface area contributed by atoms with Crippen LogP contribution in [0.3, 0.4) is 0 Å². The van der Waals surface area contributed by atoms with Crippen LogP contribution in [-0.2, 0) is 0 Å². The average Bonchev–Trinajstić information content (AvgIpc) is 2.59. The van der Waals surface area contributed by atoms with Crippen LogP contribution < -0.4 is 10.6 Å². The highest BCUT2D eigenvalue weighted by Crippen LogP contribution is 2.27. The van der Waals surface area contributed by atoms with Gasteiger partial charge in [-0.1, -0.05) is 23.2 Å². The first kappa shape index (κ1) is 17.4. The Morgan fingerprint density at radius 2 is 1.84 bits per heavy atom. The van der Waals surface area contributed by atoms with E-state index < -0.39 is 0 Å². The number of hydrogen-bond donors (Lipinski definition) is 3. The molecule has 3 N–H and O–H groups in total. The minimum Gasteiger partial charge on any atom is -0.395 e. The first-order valence-electron chi connectivity index (χ1n) is 7.51. The van der Waals surface area contributed by atoms with Crippen molar-refractivity contribution in [2.45, 2.75) is 0 Å². The smallest absolute Gasteiger partial charge is 0.225 e. The van der Waals surface area contributed by atoms with Gasteiger partial charge in [-0.2, -0.15) is 4.98 Å². The SMILES string of the molecule is OCCNc1nc(Nc2cc(Cl)cc(Cl)c2)cc(-c2cccnc2)n1. The Morgan fingerprint density at radius 3 is 2.52 bits per heavy atom. The van der Waals surface area contributed by atoms with Crippen LogP contribution in [0.4, 0.5) is 17.5 Å². The van der Waals surface area contributed by atoms with E-state index >= 15 is 0 Å². The zero-order valence-electron chi connectivity index (χ0n) is 13.1. The summed E-state index contributed by atoms with van der Waals surface area (Å²) in [5, 5.41) is 16.2. The third kappa shape index (κ3) is 4.79. The van der Waals surface area contributed by atoms with Crippen molar-refractivity contribution in [2.75, 3.05) is 23.8 Å². The highest BCUT2D eigenvalue weighted by Gasteiger charge is 2.08. The van der Waals surface area contributed by atoms with Gasteiger partial charge in [0, 0.05) is 46.3 Å². The second-order valence-electron chi connectivity index (χ2n) is 5.14. The van der Waals surface area contributed by atoms with Crippen molar-refractivity contribution < 1.29 is 5.11 Å². The van der Waals surface area contributed by atoms with Crippen molar-refractivity contribution in [3.8, 4) is 11.3 Å². The number of nitrogens with one attached hydrogen (secondary N) is 2. The summed E-state index contributed by atoms with van der Waals surface area (Å²) in [6.07, 6.45) is 3.42. The second kappa shape index (κ2) is 8.11. The molecular formula is C17H15Cl2N5O. The molecule has 0 aliphatic heterocycles. The second-order valence-corrected chi connectivity index (χ2v) is 6.01. The van der Waals surface area contributed by atoms with Gasteiger partial charge >= 0.3 is 0 Å². The molecule has 6 nitrogen and oxygen atoms in total. The number of aromatic nitrogens is 3. The molecule has 0 aliphatic rings. The van der Waals surface area contributed by atoms with Gasteiger partial charge in [-0.3, -0.25) is 4.98 Å². The number of aliphatic hydroxyl groups is 1. The van der Waals surface area contributed by atoms with E-state index in [4.69, 9.17) is 28.3 Å². The summed E-state index contributed by atoms with van der Waals surface area (Å²) < 4.78 is 0. The Hall–Kier alpha value is -2.41. The molecule has 0 amide bonds. The van der Waals surface area contributed by atoms with E-state index in [9.17, 15) is 0 Å². The maximum absolute atomic E-state index is 9.01. The van der Waals surface area contributed by atoms with Crippen molar-refractivity contribution >= 4 is 40.7 Å². The molecule has 0 aliphatic carbocycles. The molecule has 8 heteroatoms. The predicted octanol–water partition coefficient (Wildman–Crippen LogP) is 3.99. The molecule has 0 saturated carbocycles. The first-order valence-corrected chi connectivity index (χ1v) is 8.27. The van der Waals surface area contributed by atoms with Crippen molar-refractivity contribution in [3.05, 3.63) is 58.8 Å². The fraction of sp³-hybridized carbons (Fsp3) is 0.118. The number of halogens is 2. The molecule has 0 bridgehead atoms. The van der Waals surface area contributed by atoms with Crippen molar-refractivity contribution in [1.29, 1.82) is 0 Å². The van der Waals surface area contributed by atoms with Crippen LogP contribution in [0, 0.1) is 0 Å². The lowest BCUT2D eigenvalue weighted by molar-refractivity contribution is 0.311. The molecule has 128 valence electrons. The molecule has 0 saturated heterocycles. The Morgan fingerprint density at radius 1 is 1.04 bits per heavy atom. The van der Waals surface area contributed by atoms with Crippen molar-refractivity contribution in [2.24, 2.45) is 0 Å². The highest BCUT2D eigenvalue weighted by molar-refractivity contribution is 6.35. The Kier molecular flexibility index (Phi) is 5.65. The van der Waals surface area contributed by atoms with Crippen LogP contribution in [0.15, 0.2) is 48.8 Å². The van der Waals surface area contributed by atoms with E-state index in [0.29, 0.717) is 39.7 Å². The van der Waals surface area contributed by atoms with Crippen molar-refractivity contribution in [3.63, 3.8) is 0 Å². The standard InChI is InChI=1S/C17H15Cl2N5O/c18-12-6-13(19)8-14(7-12)22-16-9-15(11-2-1-3-20-10-11)23-17(24-16)21-4-5-25/h1-3,6-10,25H,4-5H2,(H2,21,22,23,24). The average molecular weight is 376 g/mol. The molecule has 2 heterocycles. The minimum absolute atomic E-state index is 0.0207. The van der Waals surface area contributed by atoms with E-state index in [0.717, 1.165) is 5.56 Å². The monoisotopic (exact) mass is 375 g/mol. The number of nitrogens with zero attached hydrogens (tertiary/aromatic N) is 3. The molecule has 1 aromatic carbocycles. The maximum atomic E-state index is 9.01. The van der Waals surface area contributed by atoms with Crippen LogP contribution in [0.25, 0.3) is 11.3 Å². The van der Waals surface area contributed by atoms with Gasteiger partial charge in [0.15, 0.2) is 0 Å². The molecule has 0 fully saturated rings. The van der Waals surface area contributed by atoms with Crippen LogP contribution in [0.1, 0.15) is 0 Å². The van der Waals surface area contributed by atoms with Crippen LogP contribution in [0.5, 0.6) is 0 Å². The van der Waals surface area contributed by atoms with E-state index in [1.54, 1.807) is 36.7 Å². The number of anilines is 3. The molecule has 2 aromatic heterocycles. The predicted molar refractivity (Wildman–Crippen MR) is 101 cm³/mol. The van der Waals surface area contributed by atoms with Gasteiger partial charge in [0.1, 0.15) is 5.82 Å². The Bertz CT molecular complexity index is 841. The molecule has 3 rings (SSSR count). The molecule has 0 radical (unpaired) electrons. The van der Waals surface area contributed by atoms with Gasteiger partial charge in [0.25, 0.3) is 0 Å². The lowest BCUT2D eigenvalue weighted by Crippen LogP contribution is -2.10. The van der Waals surface area contributed by atoms with Gasteiger partial charge in [-0.15, -0.1) is 0 Å². The molecule has 0 unspecified atom stereocenters. The molecule has 0 spiro atoms. The first-order chi connectivity index (χ1) is 12.1. The summed E-state index contributed by atoms with van der Waals surface area (Å²) in [5.41, 5.74) is 2.25. The summed E-state index contributed by atoms with van der Waals surface area (Å²) >= 11 is 12.1. The third-order valence-corrected chi connectivity index (χ3v) is 3.65.